The summed E-state index contributed by atoms with van der Waals surface area (Å²) < 4.78 is 78.7. The van der Waals surface area contributed by atoms with Gasteiger partial charge in [0.05, 0.1) is 22.4 Å². The Morgan fingerprint density at radius 2 is 1.66 bits per heavy atom. The maximum atomic E-state index is 13.1. The van der Waals surface area contributed by atoms with E-state index in [1.54, 1.807) is 0 Å². The first-order chi connectivity index (χ1) is 14.9. The van der Waals surface area contributed by atoms with E-state index in [0.29, 0.717) is 21.9 Å². The van der Waals surface area contributed by atoms with Gasteiger partial charge in [-0.1, -0.05) is 0 Å². The number of hydrogen-bond acceptors (Lipinski definition) is 5. The number of alkyl halides is 6. The highest BCUT2D eigenvalue weighted by molar-refractivity contribution is 7.14. The largest absolute Gasteiger partial charge is 0.416 e. The minimum Gasteiger partial charge on any atom is -0.366 e. The van der Waals surface area contributed by atoms with Crippen molar-refractivity contribution >= 4 is 28.9 Å². The van der Waals surface area contributed by atoms with Crippen LogP contribution in [0.3, 0.4) is 0 Å². The average molecular weight is 468 g/mol. The van der Waals surface area contributed by atoms with Crippen LogP contribution in [0.4, 0.5) is 26.3 Å². The molecule has 3 aromatic rings. The number of thiophene rings is 1. The maximum absolute atomic E-state index is 13.1. The third kappa shape index (κ3) is 5.12. The third-order valence-corrected chi connectivity index (χ3v) is 5.09. The fraction of sp³-hybridized carbons (Fsp3) is 0.100. The zero-order chi connectivity index (χ0) is 23.7. The van der Waals surface area contributed by atoms with Crippen molar-refractivity contribution in [1.29, 1.82) is 5.26 Å². The number of nitriles is 1. The summed E-state index contributed by atoms with van der Waals surface area (Å²) in [6.07, 6.45) is -7.72. The molecule has 32 heavy (non-hydrogen) atoms. The van der Waals surface area contributed by atoms with Gasteiger partial charge >= 0.3 is 12.4 Å². The van der Waals surface area contributed by atoms with Crippen LogP contribution in [0.1, 0.15) is 26.6 Å². The number of halogens is 6. The zero-order valence-corrected chi connectivity index (χ0v) is 16.4. The van der Waals surface area contributed by atoms with Gasteiger partial charge in [0.15, 0.2) is 5.82 Å². The lowest BCUT2D eigenvalue weighted by Gasteiger charge is -2.13. The molecular weight excluding hydrogens is 458 g/mol. The van der Waals surface area contributed by atoms with E-state index in [4.69, 9.17) is 11.0 Å². The van der Waals surface area contributed by atoms with Gasteiger partial charge in [-0.15, -0.1) is 11.3 Å². The molecule has 0 aliphatic heterocycles. The Labute approximate surface area is 180 Å². The predicted molar refractivity (Wildman–Crippen MR) is 104 cm³/mol. The van der Waals surface area contributed by atoms with E-state index in [0.717, 1.165) is 17.5 Å². The first-order valence-corrected chi connectivity index (χ1v) is 9.35. The number of primary amides is 1. The number of nitrogens with zero attached hydrogens (tertiary/aromatic N) is 3. The summed E-state index contributed by atoms with van der Waals surface area (Å²) in [6, 6.07) is 7.15. The summed E-state index contributed by atoms with van der Waals surface area (Å²) in [6.45, 7) is 0. The molecule has 2 heterocycles. The number of hydrogen-bond donors (Lipinski definition) is 1. The molecule has 0 saturated carbocycles. The molecule has 0 spiro atoms. The Morgan fingerprint density at radius 3 is 2.16 bits per heavy atom. The van der Waals surface area contributed by atoms with Gasteiger partial charge in [-0.3, -0.25) is 4.79 Å². The minimum atomic E-state index is -5.02. The van der Waals surface area contributed by atoms with Gasteiger partial charge < -0.3 is 5.73 Å². The Kier molecular flexibility index (Phi) is 6.05. The SMILES string of the molecule is N#Cc1ccc(/C(=C\c2ccnc(-c3cc(C(F)(F)F)cc(C(F)(F)F)c3)n2)C(N)=O)s1. The molecule has 0 unspecified atom stereocenters. The zero-order valence-electron chi connectivity index (χ0n) is 15.6. The van der Waals surface area contributed by atoms with E-state index in [-0.39, 0.29) is 17.3 Å². The molecule has 0 aliphatic rings. The minimum absolute atomic E-state index is 0.00200. The van der Waals surface area contributed by atoms with E-state index < -0.39 is 40.8 Å². The average Bonchev–Trinajstić information content (AvgIpc) is 3.19. The number of nitrogens with two attached hydrogens (primary N) is 1. The van der Waals surface area contributed by atoms with Gasteiger partial charge in [-0.25, -0.2) is 9.97 Å². The van der Waals surface area contributed by atoms with Gasteiger partial charge in [0, 0.05) is 16.6 Å². The summed E-state index contributed by atoms with van der Waals surface area (Å²) in [5.41, 5.74) is 1.83. The number of amides is 1. The topological polar surface area (TPSA) is 92.7 Å². The van der Waals surface area contributed by atoms with Crippen molar-refractivity contribution in [2.45, 2.75) is 12.4 Å². The summed E-state index contributed by atoms with van der Waals surface area (Å²) in [7, 11) is 0. The van der Waals surface area contributed by atoms with Crippen LogP contribution in [-0.2, 0) is 17.1 Å². The number of benzene rings is 1. The highest BCUT2D eigenvalue weighted by Crippen LogP contribution is 2.38. The molecule has 1 amide bonds. The van der Waals surface area contributed by atoms with Crippen LogP contribution >= 0.6 is 11.3 Å². The number of carbonyl (C=O) groups is 1. The van der Waals surface area contributed by atoms with Crippen molar-refractivity contribution < 1.29 is 31.1 Å². The first kappa shape index (κ1) is 23.0. The molecule has 0 aliphatic carbocycles. The molecule has 0 fully saturated rings. The molecule has 3 rings (SSSR count). The van der Waals surface area contributed by atoms with Crippen molar-refractivity contribution in [2.24, 2.45) is 5.73 Å². The molecule has 12 heteroatoms. The molecule has 164 valence electrons. The van der Waals surface area contributed by atoms with Crippen LogP contribution in [0, 0.1) is 11.3 Å². The Hall–Kier alpha value is -3.72. The van der Waals surface area contributed by atoms with E-state index in [9.17, 15) is 31.1 Å². The maximum Gasteiger partial charge on any atom is 0.416 e. The first-order valence-electron chi connectivity index (χ1n) is 8.53. The van der Waals surface area contributed by atoms with Crippen LogP contribution in [-0.4, -0.2) is 15.9 Å². The second-order valence-corrected chi connectivity index (χ2v) is 7.38. The number of aromatic nitrogens is 2. The molecule has 0 saturated heterocycles. The van der Waals surface area contributed by atoms with Crippen molar-refractivity contribution in [3.8, 4) is 17.5 Å². The summed E-state index contributed by atoms with van der Waals surface area (Å²) >= 11 is 0.975. The number of carbonyl (C=O) groups excluding carboxylic acids is 1. The van der Waals surface area contributed by atoms with Gasteiger partial charge in [0.2, 0.25) is 5.91 Å². The van der Waals surface area contributed by atoms with Crippen LogP contribution in [0.5, 0.6) is 0 Å². The predicted octanol–water partition coefficient (Wildman–Crippen LogP) is 5.14. The molecule has 2 aromatic heterocycles. The summed E-state index contributed by atoms with van der Waals surface area (Å²) in [5, 5.41) is 8.93. The van der Waals surface area contributed by atoms with Crippen LogP contribution in [0.2, 0.25) is 0 Å². The van der Waals surface area contributed by atoms with E-state index >= 15 is 0 Å². The molecule has 0 bridgehead atoms. The van der Waals surface area contributed by atoms with Crippen molar-refractivity contribution in [1.82, 2.24) is 9.97 Å². The van der Waals surface area contributed by atoms with Gasteiger partial charge in [-0.2, -0.15) is 31.6 Å². The molecule has 2 N–H and O–H groups in total. The fourth-order valence-corrected chi connectivity index (χ4v) is 3.45. The lowest BCUT2D eigenvalue weighted by molar-refractivity contribution is -0.143. The second-order valence-electron chi connectivity index (χ2n) is 6.30. The van der Waals surface area contributed by atoms with Crippen molar-refractivity contribution in [3.63, 3.8) is 0 Å². The van der Waals surface area contributed by atoms with E-state index in [1.165, 1.54) is 24.3 Å². The van der Waals surface area contributed by atoms with Crippen molar-refractivity contribution in [3.05, 3.63) is 69.2 Å². The van der Waals surface area contributed by atoms with Crippen LogP contribution < -0.4 is 5.73 Å². The molecule has 1 aromatic carbocycles. The normalized spacial score (nSPS) is 12.5. The Morgan fingerprint density at radius 1 is 1.03 bits per heavy atom. The van der Waals surface area contributed by atoms with Gasteiger partial charge in [0.1, 0.15) is 10.9 Å². The molecule has 5 nitrogen and oxygen atoms in total. The Bertz CT molecular complexity index is 1220. The third-order valence-electron chi connectivity index (χ3n) is 4.06. The number of rotatable bonds is 4. The second kappa shape index (κ2) is 8.43. The molecule has 0 radical (unpaired) electrons. The van der Waals surface area contributed by atoms with Crippen LogP contribution in [0.15, 0.2) is 42.6 Å². The quantitative estimate of drug-likeness (QED) is 0.424. The lowest BCUT2D eigenvalue weighted by Crippen LogP contribution is -2.12. The van der Waals surface area contributed by atoms with Crippen LogP contribution in [0.25, 0.3) is 23.0 Å². The lowest BCUT2D eigenvalue weighted by atomic mass is 10.0. The highest BCUT2D eigenvalue weighted by atomic mass is 32.1. The Balaban J connectivity index is 2.12. The van der Waals surface area contributed by atoms with E-state index in [2.05, 4.69) is 9.97 Å². The molecule has 0 atom stereocenters. The van der Waals surface area contributed by atoms with Gasteiger partial charge in [-0.05, 0) is 42.5 Å². The smallest absolute Gasteiger partial charge is 0.366 e. The van der Waals surface area contributed by atoms with Gasteiger partial charge in [0.25, 0.3) is 0 Å². The van der Waals surface area contributed by atoms with Crippen molar-refractivity contribution in [2.75, 3.05) is 0 Å². The molecular formula is C20H10F6N4OS. The summed E-state index contributed by atoms with van der Waals surface area (Å²) in [4.78, 5) is 20.2. The fourth-order valence-electron chi connectivity index (χ4n) is 2.63. The van der Waals surface area contributed by atoms with E-state index in [1.807, 2.05) is 6.07 Å². The monoisotopic (exact) mass is 468 g/mol. The highest BCUT2D eigenvalue weighted by Gasteiger charge is 2.37. The summed E-state index contributed by atoms with van der Waals surface area (Å²) in [5.74, 6) is -1.28. The standard InChI is InChI=1S/C20H10F6N4OS/c21-19(22,23)11-5-10(6-12(7-11)20(24,25)26)18-29-4-3-13(30-18)8-15(17(28)31)16-2-1-14(9-27)32-16/h1-8H,(H2,28,31)/b15-8+.